The van der Waals surface area contributed by atoms with Crippen molar-refractivity contribution in [1.82, 2.24) is 4.98 Å². The van der Waals surface area contributed by atoms with Gasteiger partial charge in [0, 0.05) is 17.1 Å². The number of aromatic nitrogens is 1. The lowest BCUT2D eigenvalue weighted by atomic mass is 10.1. The van der Waals surface area contributed by atoms with Crippen molar-refractivity contribution in [2.75, 3.05) is 0 Å². The molecule has 0 fully saturated rings. The summed E-state index contributed by atoms with van der Waals surface area (Å²) in [6.45, 7) is 6.70. The van der Waals surface area contributed by atoms with E-state index >= 15 is 0 Å². The van der Waals surface area contributed by atoms with Crippen LogP contribution in [0.4, 0.5) is 0 Å². The summed E-state index contributed by atoms with van der Waals surface area (Å²) < 4.78 is 0. The van der Waals surface area contributed by atoms with Crippen LogP contribution in [0.2, 0.25) is 24.7 Å². The summed E-state index contributed by atoms with van der Waals surface area (Å²) in [7, 11) is -1.36. The molecule has 0 aliphatic rings. The standard InChI is InChI=1S/C14H14ClNSi/c1-17(2,3)10-8-11-6-7-13(15)14-12(11)5-4-9-16-14/h4-7,9H,1-3H3. The van der Waals surface area contributed by atoms with Gasteiger partial charge in [-0.1, -0.05) is 37.2 Å². The Hall–Kier alpha value is -1.30. The van der Waals surface area contributed by atoms with E-state index in [0.717, 1.165) is 16.5 Å². The largest absolute Gasteiger partial charge is 0.255 e. The van der Waals surface area contributed by atoms with Crippen LogP contribution in [0, 0.1) is 11.5 Å². The fourth-order valence-electron chi connectivity index (χ4n) is 1.50. The molecule has 0 bridgehead atoms. The fraction of sp³-hybridized carbons (Fsp3) is 0.214. The average Bonchev–Trinajstić information content (AvgIpc) is 2.27. The molecule has 1 heterocycles. The highest BCUT2D eigenvalue weighted by molar-refractivity contribution is 6.83. The van der Waals surface area contributed by atoms with Crippen molar-refractivity contribution in [3.8, 4) is 11.5 Å². The van der Waals surface area contributed by atoms with Gasteiger partial charge in [0.05, 0.1) is 10.5 Å². The molecule has 0 atom stereocenters. The highest BCUT2D eigenvalue weighted by Crippen LogP contribution is 2.23. The van der Waals surface area contributed by atoms with Crippen LogP contribution in [-0.2, 0) is 0 Å². The molecule has 17 heavy (non-hydrogen) atoms. The van der Waals surface area contributed by atoms with E-state index in [9.17, 15) is 0 Å². The maximum absolute atomic E-state index is 6.12. The molecular weight excluding hydrogens is 246 g/mol. The minimum atomic E-state index is -1.36. The van der Waals surface area contributed by atoms with Crippen molar-refractivity contribution in [2.24, 2.45) is 0 Å². The smallest absolute Gasteiger partial charge is 0.129 e. The van der Waals surface area contributed by atoms with Crippen LogP contribution in [0.5, 0.6) is 0 Å². The third kappa shape index (κ3) is 2.88. The van der Waals surface area contributed by atoms with E-state index in [4.69, 9.17) is 11.6 Å². The molecule has 1 aromatic heterocycles. The maximum atomic E-state index is 6.12. The average molecular weight is 260 g/mol. The minimum absolute atomic E-state index is 0.680. The molecule has 2 aromatic rings. The molecule has 86 valence electrons. The van der Waals surface area contributed by atoms with Crippen LogP contribution in [0.25, 0.3) is 10.9 Å². The van der Waals surface area contributed by atoms with Gasteiger partial charge in [0.2, 0.25) is 0 Å². The van der Waals surface area contributed by atoms with Gasteiger partial charge in [-0.3, -0.25) is 4.98 Å². The first-order chi connectivity index (χ1) is 7.97. The number of rotatable bonds is 0. The first-order valence-corrected chi connectivity index (χ1v) is 9.41. The van der Waals surface area contributed by atoms with Crippen molar-refractivity contribution < 1.29 is 0 Å². The summed E-state index contributed by atoms with van der Waals surface area (Å²) in [6.07, 6.45) is 1.75. The van der Waals surface area contributed by atoms with E-state index in [1.54, 1.807) is 6.20 Å². The van der Waals surface area contributed by atoms with Crippen molar-refractivity contribution >= 4 is 30.6 Å². The Morgan fingerprint density at radius 3 is 2.65 bits per heavy atom. The van der Waals surface area contributed by atoms with E-state index in [0.29, 0.717) is 5.02 Å². The highest BCUT2D eigenvalue weighted by Gasteiger charge is 2.08. The van der Waals surface area contributed by atoms with E-state index < -0.39 is 8.07 Å². The molecule has 0 aliphatic heterocycles. The van der Waals surface area contributed by atoms with Gasteiger partial charge < -0.3 is 0 Å². The molecule has 0 unspecified atom stereocenters. The van der Waals surface area contributed by atoms with Gasteiger partial charge in [-0.15, -0.1) is 5.54 Å². The van der Waals surface area contributed by atoms with Crippen LogP contribution in [0.15, 0.2) is 30.5 Å². The number of nitrogens with zero attached hydrogens (tertiary/aromatic N) is 1. The van der Waals surface area contributed by atoms with Crippen molar-refractivity contribution in [2.45, 2.75) is 19.6 Å². The summed E-state index contributed by atoms with van der Waals surface area (Å²) in [6, 6.07) is 7.77. The third-order valence-electron chi connectivity index (χ3n) is 2.29. The summed E-state index contributed by atoms with van der Waals surface area (Å²) in [5, 5.41) is 1.71. The second-order valence-corrected chi connectivity index (χ2v) is 10.2. The van der Waals surface area contributed by atoms with Gasteiger partial charge >= 0.3 is 0 Å². The Kier molecular flexibility index (Phi) is 3.23. The lowest BCUT2D eigenvalue weighted by Gasteiger charge is -2.05. The van der Waals surface area contributed by atoms with Gasteiger partial charge in [-0.05, 0) is 24.3 Å². The highest BCUT2D eigenvalue weighted by atomic mass is 35.5. The minimum Gasteiger partial charge on any atom is -0.255 e. The molecule has 1 aromatic carbocycles. The van der Waals surface area contributed by atoms with E-state index in [-0.39, 0.29) is 0 Å². The van der Waals surface area contributed by atoms with Crippen molar-refractivity contribution in [1.29, 1.82) is 0 Å². The van der Waals surface area contributed by atoms with E-state index in [1.165, 1.54) is 0 Å². The number of hydrogen-bond acceptors (Lipinski definition) is 1. The van der Waals surface area contributed by atoms with Crippen LogP contribution in [-0.4, -0.2) is 13.1 Å². The zero-order valence-corrected chi connectivity index (χ0v) is 12.0. The molecule has 0 saturated heterocycles. The number of pyridine rings is 1. The van der Waals surface area contributed by atoms with Gasteiger partial charge in [0.15, 0.2) is 0 Å². The van der Waals surface area contributed by atoms with Gasteiger partial charge in [0.25, 0.3) is 0 Å². The molecular formula is C14H14ClNSi. The maximum Gasteiger partial charge on any atom is 0.129 e. The van der Waals surface area contributed by atoms with Crippen LogP contribution in [0.3, 0.4) is 0 Å². The number of benzene rings is 1. The lowest BCUT2D eigenvalue weighted by molar-refractivity contribution is 1.41. The SMILES string of the molecule is C[Si](C)(C)C#Cc1ccc(Cl)c2ncccc12. The van der Waals surface area contributed by atoms with Gasteiger partial charge in [-0.25, -0.2) is 0 Å². The normalized spacial score (nSPS) is 11.1. The quantitative estimate of drug-likeness (QED) is 0.512. The van der Waals surface area contributed by atoms with Crippen molar-refractivity contribution in [3.63, 3.8) is 0 Å². The Morgan fingerprint density at radius 2 is 1.94 bits per heavy atom. The summed E-state index contributed by atoms with van der Waals surface area (Å²) in [5.41, 5.74) is 5.21. The topological polar surface area (TPSA) is 12.9 Å². The molecule has 0 amide bonds. The number of halogens is 1. The molecule has 1 nitrogen and oxygen atoms in total. The lowest BCUT2D eigenvalue weighted by Crippen LogP contribution is -2.16. The van der Waals surface area contributed by atoms with E-state index in [2.05, 4.69) is 36.1 Å². The predicted molar refractivity (Wildman–Crippen MR) is 77.0 cm³/mol. The van der Waals surface area contributed by atoms with Gasteiger partial charge in [0.1, 0.15) is 8.07 Å². The summed E-state index contributed by atoms with van der Waals surface area (Å²) in [5.74, 6) is 3.27. The Labute approximate surface area is 108 Å². The molecule has 3 heteroatoms. The number of fused-ring (bicyclic) bond motifs is 1. The van der Waals surface area contributed by atoms with Crippen LogP contribution in [0.1, 0.15) is 5.56 Å². The molecule has 2 rings (SSSR count). The first-order valence-electron chi connectivity index (χ1n) is 5.54. The fourth-order valence-corrected chi connectivity index (χ4v) is 2.23. The zero-order chi connectivity index (χ0) is 12.5. The monoisotopic (exact) mass is 259 g/mol. The van der Waals surface area contributed by atoms with E-state index in [1.807, 2.05) is 24.3 Å². The second kappa shape index (κ2) is 4.52. The first kappa shape index (κ1) is 12.2. The Balaban J connectivity index is 2.63. The zero-order valence-electron chi connectivity index (χ0n) is 10.2. The Morgan fingerprint density at radius 1 is 1.18 bits per heavy atom. The van der Waals surface area contributed by atoms with Gasteiger partial charge in [-0.2, -0.15) is 0 Å². The van der Waals surface area contributed by atoms with Crippen LogP contribution < -0.4 is 0 Å². The van der Waals surface area contributed by atoms with Crippen molar-refractivity contribution in [3.05, 3.63) is 41.0 Å². The molecule has 0 radical (unpaired) electrons. The van der Waals surface area contributed by atoms with Crippen LogP contribution >= 0.6 is 11.6 Å². The Bertz CT molecular complexity index is 617. The third-order valence-corrected chi connectivity index (χ3v) is 3.47. The predicted octanol–water partition coefficient (Wildman–Crippen LogP) is 4.12. The summed E-state index contributed by atoms with van der Waals surface area (Å²) in [4.78, 5) is 4.30. The summed E-state index contributed by atoms with van der Waals surface area (Å²) >= 11 is 6.12. The second-order valence-electron chi connectivity index (χ2n) is 4.99. The molecule has 0 aliphatic carbocycles. The molecule has 0 N–H and O–H groups in total. The molecule has 0 saturated carbocycles. The molecule has 0 spiro atoms. The number of hydrogen-bond donors (Lipinski definition) is 0.